The summed E-state index contributed by atoms with van der Waals surface area (Å²) in [6.45, 7) is 0.287. The molecule has 0 spiro atoms. The molecule has 0 aliphatic carbocycles. The molecular formula is C14H13Br2N3O2. The number of nitrogen functional groups attached to an aromatic ring is 1. The van der Waals surface area contributed by atoms with Crippen molar-refractivity contribution in [1.82, 2.24) is 4.57 Å². The predicted octanol–water partition coefficient (Wildman–Crippen LogP) is 2.98. The first kappa shape index (κ1) is 15.8. The van der Waals surface area contributed by atoms with E-state index in [4.69, 9.17) is 5.73 Å². The third kappa shape index (κ3) is 4.18. The van der Waals surface area contributed by atoms with Crippen molar-refractivity contribution in [2.75, 3.05) is 11.1 Å². The fourth-order valence-electron chi connectivity index (χ4n) is 1.78. The molecule has 1 heterocycles. The van der Waals surface area contributed by atoms with Gasteiger partial charge in [-0.1, -0.05) is 12.1 Å². The van der Waals surface area contributed by atoms with Gasteiger partial charge in [-0.15, -0.1) is 0 Å². The number of nitrogens with two attached hydrogens (primary N) is 1. The topological polar surface area (TPSA) is 77.1 Å². The molecule has 1 aromatic carbocycles. The van der Waals surface area contributed by atoms with Crippen LogP contribution in [-0.4, -0.2) is 10.5 Å². The first-order chi connectivity index (χ1) is 9.97. The molecule has 0 fully saturated rings. The average Bonchev–Trinajstić information content (AvgIpc) is 2.44. The highest BCUT2D eigenvalue weighted by atomic mass is 79.9. The number of carbonyl (C=O) groups excluding carboxylic acids is 1. The number of aromatic nitrogens is 1. The number of anilines is 2. The molecule has 0 bridgehead atoms. The second kappa shape index (κ2) is 6.91. The van der Waals surface area contributed by atoms with Crippen LogP contribution in [0.15, 0.2) is 50.3 Å². The summed E-state index contributed by atoms with van der Waals surface area (Å²) in [6.07, 6.45) is 1.83. The molecule has 0 atom stereocenters. The summed E-state index contributed by atoms with van der Waals surface area (Å²) in [7, 11) is 0. The van der Waals surface area contributed by atoms with Crippen LogP contribution in [0.3, 0.4) is 0 Å². The Morgan fingerprint density at radius 1 is 1.29 bits per heavy atom. The molecule has 110 valence electrons. The van der Waals surface area contributed by atoms with Crippen LogP contribution in [0.25, 0.3) is 0 Å². The van der Waals surface area contributed by atoms with E-state index in [-0.39, 0.29) is 24.4 Å². The van der Waals surface area contributed by atoms with Crippen molar-refractivity contribution in [2.45, 2.75) is 13.0 Å². The molecule has 0 aliphatic heterocycles. The van der Waals surface area contributed by atoms with E-state index in [2.05, 4.69) is 37.2 Å². The van der Waals surface area contributed by atoms with Gasteiger partial charge >= 0.3 is 0 Å². The Labute approximate surface area is 138 Å². The number of aryl methyl sites for hydroxylation is 1. The molecule has 3 N–H and O–H groups in total. The standard InChI is InChI=1S/C14H13Br2N3O2/c15-9-7-10(16)14(21)19(8-9)6-5-13(20)18-12-4-2-1-3-11(12)17/h1-4,7-8H,5-6,17H2,(H,18,20). The number of benzene rings is 1. The zero-order valence-electron chi connectivity index (χ0n) is 11.0. The summed E-state index contributed by atoms with van der Waals surface area (Å²) in [6, 6.07) is 8.70. The van der Waals surface area contributed by atoms with Crippen LogP contribution in [0.1, 0.15) is 6.42 Å². The minimum Gasteiger partial charge on any atom is -0.397 e. The van der Waals surface area contributed by atoms with Crippen LogP contribution >= 0.6 is 31.9 Å². The maximum atomic E-state index is 11.9. The summed E-state index contributed by atoms with van der Waals surface area (Å²) in [4.78, 5) is 23.8. The average molecular weight is 415 g/mol. The zero-order valence-corrected chi connectivity index (χ0v) is 14.1. The minimum absolute atomic E-state index is 0.176. The van der Waals surface area contributed by atoms with E-state index >= 15 is 0 Å². The van der Waals surface area contributed by atoms with Gasteiger partial charge in [0.1, 0.15) is 0 Å². The van der Waals surface area contributed by atoms with Gasteiger partial charge in [0.15, 0.2) is 0 Å². The second-order valence-corrected chi connectivity index (χ2v) is 6.16. The lowest BCUT2D eigenvalue weighted by Gasteiger charge is -2.09. The maximum Gasteiger partial charge on any atom is 0.264 e. The molecule has 0 radical (unpaired) electrons. The molecule has 1 amide bonds. The van der Waals surface area contributed by atoms with Crippen LogP contribution in [0, 0.1) is 0 Å². The molecule has 0 saturated heterocycles. The molecule has 5 nitrogen and oxygen atoms in total. The number of carbonyl (C=O) groups is 1. The van der Waals surface area contributed by atoms with Crippen LogP contribution < -0.4 is 16.6 Å². The number of nitrogens with zero attached hydrogens (tertiary/aromatic N) is 1. The Morgan fingerprint density at radius 3 is 2.71 bits per heavy atom. The van der Waals surface area contributed by atoms with E-state index in [1.165, 1.54) is 4.57 Å². The summed E-state index contributed by atoms with van der Waals surface area (Å²) in [5.74, 6) is -0.198. The quantitative estimate of drug-likeness (QED) is 0.755. The fourth-order valence-corrected chi connectivity index (χ4v) is 3.03. The van der Waals surface area contributed by atoms with Crippen LogP contribution in [-0.2, 0) is 11.3 Å². The van der Waals surface area contributed by atoms with Gasteiger partial charge in [-0.2, -0.15) is 0 Å². The van der Waals surface area contributed by atoms with Gasteiger partial charge in [0.2, 0.25) is 5.91 Å². The van der Waals surface area contributed by atoms with Crippen molar-refractivity contribution in [1.29, 1.82) is 0 Å². The normalized spacial score (nSPS) is 10.4. The highest BCUT2D eigenvalue weighted by Gasteiger charge is 2.08. The zero-order chi connectivity index (χ0) is 15.4. The monoisotopic (exact) mass is 413 g/mol. The van der Waals surface area contributed by atoms with E-state index in [1.807, 2.05) is 0 Å². The molecule has 2 aromatic rings. The van der Waals surface area contributed by atoms with Gasteiger partial charge in [0, 0.05) is 23.6 Å². The molecule has 1 aromatic heterocycles. The highest BCUT2D eigenvalue weighted by Crippen LogP contribution is 2.17. The number of nitrogens with one attached hydrogen (secondary N) is 1. The van der Waals surface area contributed by atoms with Crippen molar-refractivity contribution in [3.8, 4) is 0 Å². The van der Waals surface area contributed by atoms with Gasteiger partial charge in [-0.05, 0) is 50.1 Å². The lowest BCUT2D eigenvalue weighted by Crippen LogP contribution is -2.23. The summed E-state index contributed by atoms with van der Waals surface area (Å²) in [5, 5.41) is 2.73. The van der Waals surface area contributed by atoms with Crippen LogP contribution in [0.5, 0.6) is 0 Å². The Hall–Kier alpha value is -1.60. The number of hydrogen-bond acceptors (Lipinski definition) is 3. The first-order valence-corrected chi connectivity index (χ1v) is 7.76. The molecule has 0 unspecified atom stereocenters. The van der Waals surface area contributed by atoms with Crippen molar-refractivity contribution in [2.24, 2.45) is 0 Å². The Balaban J connectivity index is 2.02. The van der Waals surface area contributed by atoms with E-state index in [0.717, 1.165) is 4.47 Å². The Bertz CT molecular complexity index is 728. The number of pyridine rings is 1. The van der Waals surface area contributed by atoms with Gasteiger partial charge in [0.05, 0.1) is 15.8 Å². The lowest BCUT2D eigenvalue weighted by atomic mass is 10.2. The van der Waals surface area contributed by atoms with Crippen molar-refractivity contribution >= 4 is 49.1 Å². The number of para-hydroxylation sites is 2. The van der Waals surface area contributed by atoms with Gasteiger partial charge < -0.3 is 15.6 Å². The number of hydrogen-bond donors (Lipinski definition) is 2. The van der Waals surface area contributed by atoms with Gasteiger partial charge in [-0.3, -0.25) is 9.59 Å². The Kier molecular flexibility index (Phi) is 5.19. The minimum atomic E-state index is -0.198. The van der Waals surface area contributed by atoms with Crippen molar-refractivity contribution < 1.29 is 4.79 Å². The molecule has 21 heavy (non-hydrogen) atoms. The largest absolute Gasteiger partial charge is 0.397 e. The molecule has 0 saturated carbocycles. The van der Waals surface area contributed by atoms with E-state index in [9.17, 15) is 9.59 Å². The summed E-state index contributed by atoms with van der Waals surface area (Å²) < 4.78 is 2.69. The SMILES string of the molecule is Nc1ccccc1NC(=O)CCn1cc(Br)cc(Br)c1=O. The van der Waals surface area contributed by atoms with Crippen molar-refractivity contribution in [3.63, 3.8) is 0 Å². The molecular weight excluding hydrogens is 402 g/mol. The summed E-state index contributed by atoms with van der Waals surface area (Å²) >= 11 is 6.50. The van der Waals surface area contributed by atoms with Crippen molar-refractivity contribution in [3.05, 3.63) is 55.8 Å². The van der Waals surface area contributed by atoms with E-state index in [1.54, 1.807) is 36.5 Å². The van der Waals surface area contributed by atoms with Gasteiger partial charge in [0.25, 0.3) is 5.56 Å². The number of halogens is 2. The van der Waals surface area contributed by atoms with E-state index in [0.29, 0.717) is 15.8 Å². The first-order valence-electron chi connectivity index (χ1n) is 6.17. The molecule has 2 rings (SSSR count). The Morgan fingerprint density at radius 2 is 2.00 bits per heavy atom. The predicted molar refractivity (Wildman–Crippen MR) is 90.2 cm³/mol. The smallest absolute Gasteiger partial charge is 0.264 e. The molecule has 7 heteroatoms. The lowest BCUT2D eigenvalue weighted by molar-refractivity contribution is -0.116. The maximum absolute atomic E-state index is 11.9. The highest BCUT2D eigenvalue weighted by molar-refractivity contribution is 9.11. The number of amides is 1. The van der Waals surface area contributed by atoms with Crippen LogP contribution in [0.2, 0.25) is 0 Å². The number of rotatable bonds is 4. The third-order valence-corrected chi connectivity index (χ3v) is 3.83. The molecule has 0 aliphatic rings. The fraction of sp³-hybridized carbons (Fsp3) is 0.143. The summed E-state index contributed by atoms with van der Waals surface area (Å²) in [5.41, 5.74) is 6.66. The van der Waals surface area contributed by atoms with Crippen LogP contribution in [0.4, 0.5) is 11.4 Å². The second-order valence-electron chi connectivity index (χ2n) is 4.39. The third-order valence-electron chi connectivity index (χ3n) is 2.82. The van der Waals surface area contributed by atoms with E-state index < -0.39 is 0 Å². The van der Waals surface area contributed by atoms with Gasteiger partial charge in [-0.25, -0.2) is 0 Å².